The van der Waals surface area contributed by atoms with Crippen LogP contribution in [0.25, 0.3) is 0 Å². The number of hydrogen-bond acceptors (Lipinski definition) is 4. The summed E-state index contributed by atoms with van der Waals surface area (Å²) in [6, 6.07) is 9.67. The molecule has 9 heteroatoms. The van der Waals surface area contributed by atoms with Gasteiger partial charge in [0.25, 0.3) is 10.0 Å². The lowest BCUT2D eigenvalue weighted by atomic mass is 10.0. The van der Waals surface area contributed by atoms with E-state index < -0.39 is 20.0 Å². The topological polar surface area (TPSA) is 83.6 Å². The highest BCUT2D eigenvalue weighted by Crippen LogP contribution is 2.33. The summed E-state index contributed by atoms with van der Waals surface area (Å²) in [4.78, 5) is 0.0887. The highest BCUT2D eigenvalue weighted by molar-refractivity contribution is 7.93. The fourth-order valence-electron chi connectivity index (χ4n) is 3.12. The van der Waals surface area contributed by atoms with E-state index >= 15 is 0 Å². The predicted octanol–water partition coefficient (Wildman–Crippen LogP) is 3.55. The molecule has 0 radical (unpaired) electrons. The molecular weight excluding hydrogens is 408 g/mol. The van der Waals surface area contributed by atoms with Crippen LogP contribution in [0, 0.1) is 6.92 Å². The molecule has 0 spiro atoms. The smallest absolute Gasteiger partial charge is 0.262 e. The zero-order valence-corrected chi connectivity index (χ0v) is 17.5. The Bertz CT molecular complexity index is 1080. The molecule has 0 unspecified atom stereocenters. The minimum atomic E-state index is -3.85. The van der Waals surface area contributed by atoms with Crippen molar-refractivity contribution in [3.8, 4) is 0 Å². The third kappa shape index (κ3) is 4.07. The fraction of sp³-hybridized carbons (Fsp3) is 0.333. The molecule has 1 aliphatic heterocycles. The van der Waals surface area contributed by atoms with Gasteiger partial charge < -0.3 is 0 Å². The Labute approximate surface area is 165 Å². The van der Waals surface area contributed by atoms with Crippen molar-refractivity contribution < 1.29 is 16.8 Å². The number of anilines is 2. The van der Waals surface area contributed by atoms with Gasteiger partial charge in [0, 0.05) is 11.6 Å². The van der Waals surface area contributed by atoms with Gasteiger partial charge in [0.05, 0.1) is 22.0 Å². The molecule has 2 aromatic rings. The van der Waals surface area contributed by atoms with Gasteiger partial charge >= 0.3 is 0 Å². The monoisotopic (exact) mass is 428 g/mol. The maximum absolute atomic E-state index is 12.8. The minimum absolute atomic E-state index is 0.00982. The molecule has 0 saturated carbocycles. The maximum Gasteiger partial charge on any atom is 0.262 e. The lowest BCUT2D eigenvalue weighted by molar-refractivity contribution is 0.587. The van der Waals surface area contributed by atoms with Crippen LogP contribution in [0.3, 0.4) is 0 Å². The van der Waals surface area contributed by atoms with E-state index in [0.29, 0.717) is 28.5 Å². The van der Waals surface area contributed by atoms with Crippen molar-refractivity contribution in [2.24, 2.45) is 0 Å². The van der Waals surface area contributed by atoms with Crippen LogP contribution in [0.5, 0.6) is 0 Å². The van der Waals surface area contributed by atoms with Crippen molar-refractivity contribution in [2.75, 3.05) is 21.3 Å². The van der Waals surface area contributed by atoms with Gasteiger partial charge in [-0.1, -0.05) is 23.7 Å². The molecule has 27 heavy (non-hydrogen) atoms. The number of hydrogen-bond donors (Lipinski definition) is 1. The Morgan fingerprint density at radius 1 is 1.11 bits per heavy atom. The van der Waals surface area contributed by atoms with Gasteiger partial charge in [-0.25, -0.2) is 16.8 Å². The molecular formula is C18H21ClN2O4S2. The van der Waals surface area contributed by atoms with E-state index in [-0.39, 0.29) is 10.6 Å². The van der Waals surface area contributed by atoms with Gasteiger partial charge in [-0.3, -0.25) is 9.03 Å². The molecule has 6 nitrogen and oxygen atoms in total. The van der Waals surface area contributed by atoms with E-state index in [1.54, 1.807) is 44.2 Å². The van der Waals surface area contributed by atoms with Gasteiger partial charge in [-0.15, -0.1) is 0 Å². The summed E-state index contributed by atoms with van der Waals surface area (Å²) in [6.07, 6.45) is 1.49. The maximum atomic E-state index is 12.8. The van der Waals surface area contributed by atoms with Crippen molar-refractivity contribution in [2.45, 2.75) is 31.6 Å². The number of nitrogens with one attached hydrogen (secondary N) is 1. The van der Waals surface area contributed by atoms with Gasteiger partial charge in [0.2, 0.25) is 10.0 Å². The molecule has 0 atom stereocenters. The van der Waals surface area contributed by atoms with E-state index in [9.17, 15) is 16.8 Å². The average Bonchev–Trinajstić information content (AvgIpc) is 2.62. The SMILES string of the molecule is CCS(=O)(=O)N1CCCc2ccc(NS(=O)(=O)c3cc(Cl)ccc3C)cc21. The Hall–Kier alpha value is -1.77. The van der Waals surface area contributed by atoms with Crippen LogP contribution in [0.15, 0.2) is 41.3 Å². The van der Waals surface area contributed by atoms with E-state index in [0.717, 1.165) is 18.4 Å². The Morgan fingerprint density at radius 2 is 1.85 bits per heavy atom. The highest BCUT2D eigenvalue weighted by atomic mass is 35.5. The van der Waals surface area contributed by atoms with E-state index in [4.69, 9.17) is 11.6 Å². The van der Waals surface area contributed by atoms with E-state index in [2.05, 4.69) is 4.72 Å². The first-order chi connectivity index (χ1) is 12.6. The molecule has 146 valence electrons. The Kier molecular flexibility index (Phi) is 5.42. The number of rotatable bonds is 5. The summed E-state index contributed by atoms with van der Waals surface area (Å²) >= 11 is 5.94. The third-order valence-corrected chi connectivity index (χ3v) is 8.09. The quantitative estimate of drug-likeness (QED) is 0.789. The summed E-state index contributed by atoms with van der Waals surface area (Å²) in [6.45, 7) is 3.68. The summed E-state index contributed by atoms with van der Waals surface area (Å²) in [5.41, 5.74) is 2.30. The fourth-order valence-corrected chi connectivity index (χ4v) is 5.87. The van der Waals surface area contributed by atoms with Crippen LogP contribution in [0.2, 0.25) is 5.02 Å². The average molecular weight is 429 g/mol. The van der Waals surface area contributed by atoms with Gasteiger partial charge in [0.15, 0.2) is 0 Å². The van der Waals surface area contributed by atoms with Gasteiger partial charge in [0.1, 0.15) is 0 Å². The summed E-state index contributed by atoms with van der Waals surface area (Å²) in [7, 11) is -7.27. The number of fused-ring (bicyclic) bond motifs is 1. The molecule has 0 saturated heterocycles. The molecule has 0 aromatic heterocycles. The lowest BCUT2D eigenvalue weighted by Crippen LogP contribution is -2.36. The molecule has 1 N–H and O–H groups in total. The second-order valence-electron chi connectivity index (χ2n) is 6.44. The number of nitrogens with zero attached hydrogens (tertiary/aromatic N) is 1. The largest absolute Gasteiger partial charge is 0.280 e. The minimum Gasteiger partial charge on any atom is -0.280 e. The highest BCUT2D eigenvalue weighted by Gasteiger charge is 2.27. The van der Waals surface area contributed by atoms with Crippen LogP contribution < -0.4 is 9.03 Å². The summed E-state index contributed by atoms with van der Waals surface area (Å²) < 4.78 is 54.2. The molecule has 0 aliphatic carbocycles. The zero-order chi connectivity index (χ0) is 19.8. The van der Waals surface area contributed by atoms with Crippen LogP contribution in [0.4, 0.5) is 11.4 Å². The van der Waals surface area contributed by atoms with Crippen molar-refractivity contribution in [1.82, 2.24) is 0 Å². The number of sulfonamides is 2. The molecule has 1 aliphatic rings. The normalized spacial score (nSPS) is 14.7. The number of aryl methyl sites for hydroxylation is 2. The van der Waals surface area contributed by atoms with E-state index in [1.807, 2.05) is 0 Å². The Morgan fingerprint density at radius 3 is 2.56 bits per heavy atom. The first-order valence-corrected chi connectivity index (χ1v) is 12.0. The zero-order valence-electron chi connectivity index (χ0n) is 15.1. The number of halogens is 1. The van der Waals surface area contributed by atoms with Crippen LogP contribution in [-0.4, -0.2) is 29.1 Å². The molecule has 0 amide bonds. The second kappa shape index (κ2) is 7.33. The van der Waals surface area contributed by atoms with Crippen LogP contribution in [0.1, 0.15) is 24.5 Å². The van der Waals surface area contributed by atoms with Crippen molar-refractivity contribution in [1.29, 1.82) is 0 Å². The first-order valence-electron chi connectivity index (χ1n) is 8.56. The van der Waals surface area contributed by atoms with Crippen molar-refractivity contribution in [3.05, 3.63) is 52.5 Å². The second-order valence-corrected chi connectivity index (χ2v) is 10.7. The van der Waals surface area contributed by atoms with Gasteiger partial charge in [-0.05, 0) is 62.1 Å². The van der Waals surface area contributed by atoms with Crippen molar-refractivity contribution in [3.63, 3.8) is 0 Å². The van der Waals surface area contributed by atoms with Crippen LogP contribution in [-0.2, 0) is 26.5 Å². The Balaban J connectivity index is 2.00. The molecule has 2 aromatic carbocycles. The lowest BCUT2D eigenvalue weighted by Gasteiger charge is -2.30. The summed E-state index contributed by atoms with van der Waals surface area (Å²) in [5, 5.41) is 0.326. The predicted molar refractivity (Wildman–Crippen MR) is 109 cm³/mol. The van der Waals surface area contributed by atoms with Crippen molar-refractivity contribution >= 4 is 43.0 Å². The molecule has 3 rings (SSSR count). The standard InChI is InChI=1S/C18H21ClN2O4S2/c1-3-26(22,23)21-10-4-5-14-7-9-16(12-17(14)21)20-27(24,25)18-11-15(19)8-6-13(18)2/h6-9,11-12,20H,3-5,10H2,1-2H3. The third-order valence-electron chi connectivity index (χ3n) is 4.55. The van der Waals surface area contributed by atoms with Crippen LogP contribution >= 0.6 is 11.6 Å². The summed E-state index contributed by atoms with van der Waals surface area (Å²) in [5.74, 6) is -0.00982. The number of benzene rings is 2. The first kappa shape index (κ1) is 20.0. The molecule has 0 bridgehead atoms. The van der Waals surface area contributed by atoms with E-state index in [1.165, 1.54) is 10.4 Å². The van der Waals surface area contributed by atoms with Gasteiger partial charge in [-0.2, -0.15) is 0 Å². The molecule has 0 fully saturated rings. The molecule has 1 heterocycles.